The van der Waals surface area contributed by atoms with E-state index in [2.05, 4.69) is 39.9 Å². The van der Waals surface area contributed by atoms with Gasteiger partial charge >= 0.3 is 0 Å². The summed E-state index contributed by atoms with van der Waals surface area (Å²) in [5.74, 6) is 1.78. The molecule has 6 nitrogen and oxygen atoms in total. The number of anilines is 1. The molecule has 1 aliphatic rings. The van der Waals surface area contributed by atoms with Gasteiger partial charge in [0.1, 0.15) is 17.9 Å². The van der Waals surface area contributed by atoms with E-state index in [0.717, 1.165) is 65.2 Å². The van der Waals surface area contributed by atoms with Gasteiger partial charge in [-0.25, -0.2) is 9.97 Å². The predicted octanol–water partition coefficient (Wildman–Crippen LogP) is 4.84. The number of hydrogen-bond donors (Lipinski definition) is 1. The van der Waals surface area contributed by atoms with Crippen molar-refractivity contribution in [2.75, 3.05) is 25.2 Å². The summed E-state index contributed by atoms with van der Waals surface area (Å²) in [5, 5.41) is 10.7. The van der Waals surface area contributed by atoms with Gasteiger partial charge < -0.3 is 19.3 Å². The number of rotatable bonds is 6. The summed E-state index contributed by atoms with van der Waals surface area (Å²) in [4.78, 5) is 11.9. The van der Waals surface area contributed by atoms with Gasteiger partial charge in [0.25, 0.3) is 0 Å². The highest BCUT2D eigenvalue weighted by Crippen LogP contribution is 2.39. The van der Waals surface area contributed by atoms with E-state index in [-0.39, 0.29) is 6.61 Å². The Bertz CT molecular complexity index is 1190. The van der Waals surface area contributed by atoms with Gasteiger partial charge in [-0.3, -0.25) is 0 Å². The Labute approximate surface area is 188 Å². The van der Waals surface area contributed by atoms with Crippen LogP contribution >= 0.6 is 0 Å². The molecular weight excluding hydrogens is 400 g/mol. The van der Waals surface area contributed by atoms with Crippen molar-refractivity contribution in [3.05, 3.63) is 67.1 Å². The highest BCUT2D eigenvalue weighted by molar-refractivity contribution is 6.02. The van der Waals surface area contributed by atoms with Crippen molar-refractivity contribution in [2.24, 2.45) is 0 Å². The molecule has 1 aliphatic heterocycles. The van der Waals surface area contributed by atoms with Crippen molar-refractivity contribution in [1.82, 2.24) is 14.5 Å². The molecule has 0 bridgehead atoms. The Morgan fingerprint density at radius 2 is 1.84 bits per heavy atom. The minimum absolute atomic E-state index is 0.188. The molecule has 2 aromatic heterocycles. The lowest BCUT2D eigenvalue weighted by Gasteiger charge is -2.37. The maximum absolute atomic E-state index is 9.65. The van der Waals surface area contributed by atoms with Crippen LogP contribution in [-0.4, -0.2) is 45.9 Å². The lowest BCUT2D eigenvalue weighted by atomic mass is 9.98. The molecule has 1 fully saturated rings. The standard InChI is InChI=1S/C26H28N4O2/c1-32-22-12-10-21(11-13-22)30-17-23(19-7-3-2-4-8-19)24-25(27-18-28-26(24)30)29-15-6-5-9-20(29)14-16-31/h2-4,7-8,10-13,17-18,20,31H,5-6,9,14-16H2,1H3. The number of benzene rings is 2. The zero-order valence-electron chi connectivity index (χ0n) is 18.3. The number of aromatic nitrogens is 3. The highest BCUT2D eigenvalue weighted by atomic mass is 16.5. The van der Waals surface area contributed by atoms with Gasteiger partial charge in [0.2, 0.25) is 0 Å². The Morgan fingerprint density at radius 3 is 2.59 bits per heavy atom. The molecule has 0 spiro atoms. The molecule has 32 heavy (non-hydrogen) atoms. The summed E-state index contributed by atoms with van der Waals surface area (Å²) in [6, 6.07) is 18.7. The number of hydrogen-bond acceptors (Lipinski definition) is 5. The molecule has 6 heteroatoms. The Kier molecular flexibility index (Phi) is 5.77. The molecule has 3 heterocycles. The van der Waals surface area contributed by atoms with Crippen molar-refractivity contribution in [1.29, 1.82) is 0 Å². The normalized spacial score (nSPS) is 16.4. The van der Waals surface area contributed by atoms with Gasteiger partial charge in [-0.1, -0.05) is 30.3 Å². The number of fused-ring (bicyclic) bond motifs is 1. The van der Waals surface area contributed by atoms with Crippen LogP contribution in [-0.2, 0) is 0 Å². The molecule has 0 aliphatic carbocycles. The molecule has 1 atom stereocenters. The highest BCUT2D eigenvalue weighted by Gasteiger charge is 2.27. The quantitative estimate of drug-likeness (QED) is 0.476. The predicted molar refractivity (Wildman–Crippen MR) is 128 cm³/mol. The Balaban J connectivity index is 1.73. The number of ether oxygens (including phenoxy) is 1. The summed E-state index contributed by atoms with van der Waals surface area (Å²) >= 11 is 0. The Morgan fingerprint density at radius 1 is 1.03 bits per heavy atom. The van der Waals surface area contributed by atoms with Crippen LogP contribution < -0.4 is 9.64 Å². The fourth-order valence-corrected chi connectivity index (χ4v) is 4.77. The summed E-state index contributed by atoms with van der Waals surface area (Å²) in [5.41, 5.74) is 4.15. The van der Waals surface area contributed by atoms with E-state index in [0.29, 0.717) is 6.04 Å². The van der Waals surface area contributed by atoms with Crippen molar-refractivity contribution in [3.8, 4) is 22.6 Å². The molecule has 0 radical (unpaired) electrons. The average molecular weight is 429 g/mol. The summed E-state index contributed by atoms with van der Waals surface area (Å²) in [6.45, 7) is 1.13. The van der Waals surface area contributed by atoms with Gasteiger partial charge in [-0.15, -0.1) is 0 Å². The molecule has 0 amide bonds. The van der Waals surface area contributed by atoms with Crippen molar-refractivity contribution >= 4 is 16.9 Å². The number of methoxy groups -OCH3 is 1. The van der Waals surface area contributed by atoms with E-state index in [4.69, 9.17) is 14.7 Å². The SMILES string of the molecule is COc1ccc(-n2cc(-c3ccccc3)c3c(N4CCCCC4CCO)ncnc32)cc1. The Hall–Kier alpha value is -3.38. The van der Waals surface area contributed by atoms with Crippen LogP contribution in [0.15, 0.2) is 67.1 Å². The van der Waals surface area contributed by atoms with Gasteiger partial charge in [0.05, 0.1) is 12.5 Å². The maximum Gasteiger partial charge on any atom is 0.150 e. The third kappa shape index (κ3) is 3.71. The molecule has 4 aromatic rings. The molecular formula is C26H28N4O2. The molecule has 2 aromatic carbocycles. The largest absolute Gasteiger partial charge is 0.497 e. The van der Waals surface area contributed by atoms with Crippen molar-refractivity contribution in [3.63, 3.8) is 0 Å². The monoisotopic (exact) mass is 428 g/mol. The molecule has 5 rings (SSSR count). The minimum Gasteiger partial charge on any atom is -0.497 e. The van der Waals surface area contributed by atoms with Gasteiger partial charge in [0, 0.05) is 36.6 Å². The van der Waals surface area contributed by atoms with Crippen LogP contribution in [0.4, 0.5) is 5.82 Å². The maximum atomic E-state index is 9.65. The third-order valence-corrected chi connectivity index (χ3v) is 6.36. The smallest absolute Gasteiger partial charge is 0.150 e. The number of aliphatic hydroxyl groups excluding tert-OH is 1. The second-order valence-corrected chi connectivity index (χ2v) is 8.23. The van der Waals surface area contributed by atoms with E-state index in [9.17, 15) is 5.11 Å². The molecule has 1 N–H and O–H groups in total. The van der Waals surface area contributed by atoms with Crippen LogP contribution in [0.25, 0.3) is 27.8 Å². The van der Waals surface area contributed by atoms with Gasteiger partial charge in [0.15, 0.2) is 5.65 Å². The van der Waals surface area contributed by atoms with E-state index in [1.165, 1.54) is 6.42 Å². The third-order valence-electron chi connectivity index (χ3n) is 6.36. The first-order valence-electron chi connectivity index (χ1n) is 11.2. The zero-order chi connectivity index (χ0) is 21.9. The first-order chi connectivity index (χ1) is 15.8. The van der Waals surface area contributed by atoms with Crippen LogP contribution in [0.2, 0.25) is 0 Å². The van der Waals surface area contributed by atoms with Crippen molar-refractivity contribution < 1.29 is 9.84 Å². The first-order valence-corrected chi connectivity index (χ1v) is 11.2. The van der Waals surface area contributed by atoms with Crippen LogP contribution in [0, 0.1) is 0 Å². The topological polar surface area (TPSA) is 63.4 Å². The van der Waals surface area contributed by atoms with E-state index < -0.39 is 0 Å². The lowest BCUT2D eigenvalue weighted by molar-refractivity contribution is 0.262. The summed E-state index contributed by atoms with van der Waals surface area (Å²) < 4.78 is 7.47. The average Bonchev–Trinajstić information content (AvgIpc) is 3.25. The number of nitrogens with zero attached hydrogens (tertiary/aromatic N) is 4. The van der Waals surface area contributed by atoms with E-state index >= 15 is 0 Å². The number of piperidine rings is 1. The van der Waals surface area contributed by atoms with Crippen LogP contribution in [0.3, 0.4) is 0 Å². The second kappa shape index (κ2) is 9.01. The van der Waals surface area contributed by atoms with Crippen LogP contribution in [0.1, 0.15) is 25.7 Å². The molecule has 1 saturated heterocycles. The summed E-state index contributed by atoms with van der Waals surface area (Å²) in [6.07, 6.45) is 7.97. The second-order valence-electron chi connectivity index (χ2n) is 8.23. The number of aliphatic hydroxyl groups is 1. The van der Waals surface area contributed by atoms with Crippen molar-refractivity contribution in [2.45, 2.75) is 31.7 Å². The van der Waals surface area contributed by atoms with Crippen LogP contribution in [0.5, 0.6) is 5.75 Å². The van der Waals surface area contributed by atoms with Gasteiger partial charge in [-0.2, -0.15) is 0 Å². The molecule has 0 saturated carbocycles. The summed E-state index contributed by atoms with van der Waals surface area (Å²) in [7, 11) is 1.68. The first kappa shape index (κ1) is 20.5. The lowest BCUT2D eigenvalue weighted by Crippen LogP contribution is -2.40. The zero-order valence-corrected chi connectivity index (χ0v) is 18.3. The fourth-order valence-electron chi connectivity index (χ4n) is 4.77. The minimum atomic E-state index is 0.188. The molecule has 164 valence electrons. The molecule has 1 unspecified atom stereocenters. The van der Waals surface area contributed by atoms with E-state index in [1.54, 1.807) is 13.4 Å². The fraction of sp³-hybridized carbons (Fsp3) is 0.308. The van der Waals surface area contributed by atoms with E-state index in [1.807, 2.05) is 30.3 Å². The van der Waals surface area contributed by atoms with Gasteiger partial charge in [-0.05, 0) is 55.5 Å².